The van der Waals surface area contributed by atoms with Crippen molar-refractivity contribution >= 4 is 34.0 Å². The molecule has 1 atom stereocenters. The number of hydrogen-bond donors (Lipinski definition) is 1. The van der Waals surface area contributed by atoms with Crippen LogP contribution in [0.2, 0.25) is 5.02 Å². The van der Waals surface area contributed by atoms with E-state index in [1.165, 1.54) is 0 Å². The summed E-state index contributed by atoms with van der Waals surface area (Å²) in [5, 5.41) is 3.46. The molecule has 1 aromatic carbocycles. The van der Waals surface area contributed by atoms with Gasteiger partial charge in [-0.1, -0.05) is 23.7 Å². The third kappa shape index (κ3) is 4.11. The monoisotopic (exact) mass is 352 g/mol. The Bertz CT molecular complexity index is 576. The molecular weight excluding hydrogens is 331 g/mol. The number of halogens is 2. The minimum absolute atomic E-state index is 0. The highest BCUT2D eigenvalue weighted by atomic mass is 35.5. The zero-order valence-corrected chi connectivity index (χ0v) is 14.7. The lowest BCUT2D eigenvalue weighted by molar-refractivity contribution is 0.263. The highest BCUT2D eigenvalue weighted by molar-refractivity contribution is 7.89. The summed E-state index contributed by atoms with van der Waals surface area (Å²) in [5.74, 6) is 0.368. The molecule has 0 aliphatic carbocycles. The van der Waals surface area contributed by atoms with Crippen molar-refractivity contribution in [2.24, 2.45) is 5.92 Å². The molecule has 0 aromatic heterocycles. The van der Waals surface area contributed by atoms with Gasteiger partial charge in [0.15, 0.2) is 0 Å². The van der Waals surface area contributed by atoms with Crippen LogP contribution in [0.25, 0.3) is 0 Å². The van der Waals surface area contributed by atoms with Gasteiger partial charge >= 0.3 is 0 Å². The van der Waals surface area contributed by atoms with E-state index in [-0.39, 0.29) is 17.3 Å². The summed E-state index contributed by atoms with van der Waals surface area (Å²) in [6, 6.07) is 5.15. The second-order valence-corrected chi connectivity index (χ2v) is 7.60. The zero-order valence-electron chi connectivity index (χ0n) is 12.3. The molecule has 0 amide bonds. The number of sulfonamides is 1. The molecular formula is C14H22Cl2N2O2S. The van der Waals surface area contributed by atoms with Gasteiger partial charge < -0.3 is 5.32 Å². The molecule has 7 heteroatoms. The number of rotatable bonds is 4. The maximum atomic E-state index is 12.7. The maximum Gasteiger partial charge on any atom is 0.244 e. The Balaban J connectivity index is 0.00000220. The molecule has 1 heterocycles. The molecule has 1 aliphatic heterocycles. The Labute approximate surface area is 138 Å². The smallest absolute Gasteiger partial charge is 0.244 e. The average Bonchev–Trinajstić information content (AvgIpc) is 2.42. The van der Waals surface area contributed by atoms with E-state index in [0.717, 1.165) is 24.9 Å². The molecule has 1 fully saturated rings. The van der Waals surface area contributed by atoms with E-state index >= 15 is 0 Å². The van der Waals surface area contributed by atoms with Crippen LogP contribution in [0.4, 0.5) is 0 Å². The van der Waals surface area contributed by atoms with Crippen LogP contribution in [-0.4, -0.2) is 39.4 Å². The van der Waals surface area contributed by atoms with Crippen LogP contribution in [0.1, 0.15) is 18.4 Å². The fourth-order valence-electron chi connectivity index (χ4n) is 2.66. The van der Waals surface area contributed by atoms with Crippen LogP contribution in [0, 0.1) is 12.8 Å². The fraction of sp³-hybridized carbons (Fsp3) is 0.571. The van der Waals surface area contributed by atoms with Crippen LogP contribution in [0.15, 0.2) is 23.1 Å². The summed E-state index contributed by atoms with van der Waals surface area (Å²) in [4.78, 5) is 0.226. The Morgan fingerprint density at radius 1 is 1.43 bits per heavy atom. The van der Waals surface area contributed by atoms with Crippen molar-refractivity contribution < 1.29 is 8.42 Å². The first-order chi connectivity index (χ1) is 9.46. The maximum absolute atomic E-state index is 12.7. The summed E-state index contributed by atoms with van der Waals surface area (Å²) in [6.07, 6.45) is 1.96. The minimum Gasteiger partial charge on any atom is -0.319 e. The molecule has 4 nitrogen and oxygen atoms in total. The quantitative estimate of drug-likeness (QED) is 0.906. The Kier molecular flexibility index (Phi) is 6.94. The summed E-state index contributed by atoms with van der Waals surface area (Å²) in [5.41, 5.74) is 0.788. The molecule has 0 saturated carbocycles. The van der Waals surface area contributed by atoms with Gasteiger partial charge in [0.1, 0.15) is 4.90 Å². The lowest BCUT2D eigenvalue weighted by Crippen LogP contribution is -2.42. The van der Waals surface area contributed by atoms with Gasteiger partial charge in [0.05, 0.1) is 5.02 Å². The van der Waals surface area contributed by atoms with E-state index in [9.17, 15) is 8.42 Å². The second kappa shape index (κ2) is 7.79. The van der Waals surface area contributed by atoms with Crippen LogP contribution in [0.3, 0.4) is 0 Å². The number of piperidine rings is 1. The molecule has 1 aliphatic rings. The Morgan fingerprint density at radius 2 is 2.14 bits per heavy atom. The highest BCUT2D eigenvalue weighted by Crippen LogP contribution is 2.29. The predicted octanol–water partition coefficient (Wildman–Crippen LogP) is 2.69. The molecule has 0 bridgehead atoms. The lowest BCUT2D eigenvalue weighted by Gasteiger charge is -2.32. The van der Waals surface area contributed by atoms with Crippen molar-refractivity contribution in [2.75, 3.05) is 26.7 Å². The first kappa shape index (κ1) is 18.7. The largest absolute Gasteiger partial charge is 0.319 e. The standard InChI is InChI=1S/C14H21ClN2O2S.ClH/c1-11-5-3-7-13(14(11)15)20(18,19)17-8-4-6-12(10-17)9-16-2;/h3,5,7,12,16H,4,6,8-10H2,1-2H3;1H. The normalized spacial score (nSPS) is 20.0. The summed E-state index contributed by atoms with van der Waals surface area (Å²) in [6.45, 7) is 3.80. The topological polar surface area (TPSA) is 49.4 Å². The predicted molar refractivity (Wildman–Crippen MR) is 88.8 cm³/mol. The van der Waals surface area contributed by atoms with Crippen molar-refractivity contribution in [1.82, 2.24) is 9.62 Å². The summed E-state index contributed by atoms with van der Waals surface area (Å²) >= 11 is 6.18. The number of benzene rings is 1. The highest BCUT2D eigenvalue weighted by Gasteiger charge is 2.31. The van der Waals surface area contributed by atoms with Crippen molar-refractivity contribution in [3.63, 3.8) is 0 Å². The van der Waals surface area contributed by atoms with E-state index < -0.39 is 10.0 Å². The first-order valence-electron chi connectivity index (χ1n) is 6.86. The Hall–Kier alpha value is -0.330. The van der Waals surface area contributed by atoms with Gasteiger partial charge in [-0.25, -0.2) is 8.42 Å². The van der Waals surface area contributed by atoms with E-state index in [0.29, 0.717) is 24.0 Å². The number of nitrogens with zero attached hydrogens (tertiary/aromatic N) is 1. The van der Waals surface area contributed by atoms with Crippen molar-refractivity contribution in [2.45, 2.75) is 24.7 Å². The lowest BCUT2D eigenvalue weighted by atomic mass is 10.00. The molecule has 1 aromatic rings. The van der Waals surface area contributed by atoms with Gasteiger partial charge in [-0.2, -0.15) is 4.31 Å². The molecule has 0 radical (unpaired) electrons. The number of nitrogens with one attached hydrogen (secondary N) is 1. The zero-order chi connectivity index (χ0) is 14.8. The third-order valence-corrected chi connectivity index (χ3v) is 6.27. The summed E-state index contributed by atoms with van der Waals surface area (Å²) in [7, 11) is -1.60. The van der Waals surface area contributed by atoms with Gasteiger partial charge in [0.25, 0.3) is 0 Å². The van der Waals surface area contributed by atoms with Gasteiger partial charge in [-0.3, -0.25) is 0 Å². The molecule has 21 heavy (non-hydrogen) atoms. The van der Waals surface area contributed by atoms with Crippen LogP contribution in [-0.2, 0) is 10.0 Å². The van der Waals surface area contributed by atoms with E-state index in [2.05, 4.69) is 5.32 Å². The van der Waals surface area contributed by atoms with E-state index in [1.54, 1.807) is 16.4 Å². The third-order valence-electron chi connectivity index (χ3n) is 3.75. The van der Waals surface area contributed by atoms with E-state index in [4.69, 9.17) is 11.6 Å². The molecule has 120 valence electrons. The molecule has 0 spiro atoms. The fourth-order valence-corrected chi connectivity index (χ4v) is 4.77. The summed E-state index contributed by atoms with van der Waals surface area (Å²) < 4.78 is 27.0. The van der Waals surface area contributed by atoms with Crippen molar-refractivity contribution in [3.8, 4) is 0 Å². The van der Waals surface area contributed by atoms with Crippen molar-refractivity contribution in [3.05, 3.63) is 28.8 Å². The minimum atomic E-state index is -3.49. The molecule has 1 saturated heterocycles. The first-order valence-corrected chi connectivity index (χ1v) is 8.68. The van der Waals surface area contributed by atoms with Crippen LogP contribution < -0.4 is 5.32 Å². The van der Waals surface area contributed by atoms with Gasteiger partial charge in [-0.15, -0.1) is 12.4 Å². The second-order valence-electron chi connectivity index (χ2n) is 5.32. The average molecular weight is 353 g/mol. The van der Waals surface area contributed by atoms with Crippen LogP contribution in [0.5, 0.6) is 0 Å². The van der Waals surface area contributed by atoms with E-state index in [1.807, 2.05) is 20.0 Å². The number of aryl methyl sites for hydroxylation is 1. The van der Waals surface area contributed by atoms with Crippen molar-refractivity contribution in [1.29, 1.82) is 0 Å². The van der Waals surface area contributed by atoms with Crippen LogP contribution >= 0.6 is 24.0 Å². The molecule has 1 unspecified atom stereocenters. The molecule has 2 rings (SSSR count). The number of hydrogen-bond acceptors (Lipinski definition) is 3. The van der Waals surface area contributed by atoms with Gasteiger partial charge in [0.2, 0.25) is 10.0 Å². The van der Waals surface area contributed by atoms with Gasteiger partial charge in [-0.05, 0) is 50.9 Å². The molecule has 1 N–H and O–H groups in total. The SMILES string of the molecule is CNCC1CCCN(S(=O)(=O)c2cccc(C)c2Cl)C1.Cl. The van der Waals surface area contributed by atoms with Gasteiger partial charge in [0, 0.05) is 13.1 Å². The Morgan fingerprint density at radius 3 is 2.81 bits per heavy atom.